The maximum Gasteiger partial charge on any atom is 0.122 e. The fraction of sp³-hybridized carbons (Fsp3) is 0.455. The first kappa shape index (κ1) is 16.6. The van der Waals surface area contributed by atoms with Gasteiger partial charge in [0.15, 0.2) is 0 Å². The lowest BCUT2D eigenvalue weighted by Crippen LogP contribution is -2.28. The summed E-state index contributed by atoms with van der Waals surface area (Å²) in [5, 5.41) is 0. The van der Waals surface area contributed by atoms with Crippen LogP contribution in [0.1, 0.15) is 22.7 Å². The lowest BCUT2D eigenvalue weighted by Gasteiger charge is -2.27. The zero-order chi connectivity index (χ0) is 17.4. The smallest absolute Gasteiger partial charge is 0.122 e. The number of benzene rings is 2. The number of likely N-dealkylation sites (tertiary alicyclic amines) is 2. The van der Waals surface area contributed by atoms with Crippen molar-refractivity contribution in [3.8, 4) is 5.75 Å². The molecule has 0 N–H and O–H groups in total. The number of ether oxygens (including phenoxy) is 1. The quantitative estimate of drug-likeness (QED) is 0.846. The van der Waals surface area contributed by atoms with E-state index in [0.717, 1.165) is 24.1 Å². The van der Waals surface area contributed by atoms with Gasteiger partial charge in [-0.25, -0.2) is 0 Å². The first-order chi connectivity index (χ1) is 12.2. The maximum absolute atomic E-state index is 5.49. The van der Waals surface area contributed by atoms with Gasteiger partial charge < -0.3 is 4.74 Å². The molecule has 0 spiro atoms. The largest absolute Gasteiger partial charge is 0.496 e. The second kappa shape index (κ2) is 6.81. The molecule has 2 fully saturated rings. The minimum atomic E-state index is 0.559. The highest BCUT2D eigenvalue weighted by Crippen LogP contribution is 2.44. The molecule has 3 heteroatoms. The van der Waals surface area contributed by atoms with E-state index >= 15 is 0 Å². The Bertz CT molecular complexity index is 730. The predicted octanol–water partition coefficient (Wildman–Crippen LogP) is 3.74. The van der Waals surface area contributed by atoms with Crippen LogP contribution in [0.3, 0.4) is 0 Å². The minimum absolute atomic E-state index is 0.559. The van der Waals surface area contributed by atoms with Gasteiger partial charge in [-0.2, -0.15) is 0 Å². The number of hydrogen-bond donors (Lipinski definition) is 0. The second-order valence-electron chi connectivity index (χ2n) is 7.72. The van der Waals surface area contributed by atoms with Crippen molar-refractivity contribution >= 4 is 0 Å². The van der Waals surface area contributed by atoms with E-state index in [0.29, 0.717) is 6.04 Å². The van der Waals surface area contributed by atoms with Crippen molar-refractivity contribution in [3.63, 3.8) is 0 Å². The second-order valence-corrected chi connectivity index (χ2v) is 7.72. The van der Waals surface area contributed by atoms with Crippen LogP contribution in [-0.2, 0) is 6.54 Å². The molecule has 132 valence electrons. The van der Waals surface area contributed by atoms with Gasteiger partial charge in [0.1, 0.15) is 5.75 Å². The molecule has 0 amide bonds. The van der Waals surface area contributed by atoms with Gasteiger partial charge in [0.05, 0.1) is 7.11 Å². The Morgan fingerprint density at radius 2 is 1.84 bits per heavy atom. The summed E-state index contributed by atoms with van der Waals surface area (Å²) in [7, 11) is 4.04. The van der Waals surface area contributed by atoms with Gasteiger partial charge in [0.2, 0.25) is 0 Å². The van der Waals surface area contributed by atoms with Crippen LogP contribution >= 0.6 is 0 Å². The summed E-state index contributed by atoms with van der Waals surface area (Å²) < 4.78 is 5.49. The molecule has 2 saturated heterocycles. The van der Waals surface area contributed by atoms with Crippen molar-refractivity contribution in [1.82, 2.24) is 9.80 Å². The molecule has 0 aromatic heterocycles. The van der Waals surface area contributed by atoms with E-state index in [1.807, 2.05) is 0 Å². The third-order valence-corrected chi connectivity index (χ3v) is 5.99. The maximum atomic E-state index is 5.49. The number of aryl methyl sites for hydroxylation is 1. The minimum Gasteiger partial charge on any atom is -0.496 e. The zero-order valence-electron chi connectivity index (χ0n) is 15.5. The van der Waals surface area contributed by atoms with E-state index in [2.05, 4.69) is 72.3 Å². The van der Waals surface area contributed by atoms with Gasteiger partial charge in [-0.1, -0.05) is 42.5 Å². The molecule has 0 radical (unpaired) electrons. The fourth-order valence-electron chi connectivity index (χ4n) is 4.85. The molecule has 0 bridgehead atoms. The third kappa shape index (κ3) is 3.19. The molecule has 3 nitrogen and oxygen atoms in total. The molecule has 2 aliphatic rings. The average molecular weight is 336 g/mol. The lowest BCUT2D eigenvalue weighted by atomic mass is 9.90. The SMILES string of the molecule is COc1cc(CN2C[C@@H]3CN(C)[C@@H](c4ccccc4)[C@@H]3C2)ccc1C. The molecule has 2 aromatic rings. The summed E-state index contributed by atoms with van der Waals surface area (Å²) in [5.41, 5.74) is 4.03. The summed E-state index contributed by atoms with van der Waals surface area (Å²) in [5.74, 6) is 2.51. The molecule has 2 aromatic carbocycles. The van der Waals surface area contributed by atoms with Crippen LogP contribution in [0.4, 0.5) is 0 Å². The summed E-state index contributed by atoms with van der Waals surface area (Å²) in [6.07, 6.45) is 0. The zero-order valence-corrected chi connectivity index (χ0v) is 15.5. The van der Waals surface area contributed by atoms with Gasteiger partial charge in [-0.3, -0.25) is 9.80 Å². The molecular weight excluding hydrogens is 308 g/mol. The van der Waals surface area contributed by atoms with Gasteiger partial charge in [0.25, 0.3) is 0 Å². The molecule has 25 heavy (non-hydrogen) atoms. The van der Waals surface area contributed by atoms with Crippen molar-refractivity contribution in [2.45, 2.75) is 19.5 Å². The third-order valence-electron chi connectivity index (χ3n) is 5.99. The molecule has 2 aliphatic heterocycles. The van der Waals surface area contributed by atoms with Gasteiger partial charge in [0, 0.05) is 32.2 Å². The molecule has 3 atom stereocenters. The van der Waals surface area contributed by atoms with Crippen molar-refractivity contribution in [1.29, 1.82) is 0 Å². The van der Waals surface area contributed by atoms with Crippen LogP contribution in [0.15, 0.2) is 48.5 Å². The Morgan fingerprint density at radius 3 is 2.60 bits per heavy atom. The number of nitrogens with zero attached hydrogens (tertiary/aromatic N) is 2. The van der Waals surface area contributed by atoms with E-state index in [-0.39, 0.29) is 0 Å². The normalized spacial score (nSPS) is 26.8. The monoisotopic (exact) mass is 336 g/mol. The topological polar surface area (TPSA) is 15.7 Å². The van der Waals surface area contributed by atoms with E-state index in [9.17, 15) is 0 Å². The summed E-state index contributed by atoms with van der Waals surface area (Å²) >= 11 is 0. The molecule has 2 heterocycles. The van der Waals surface area contributed by atoms with Crippen molar-refractivity contribution in [3.05, 3.63) is 65.2 Å². The van der Waals surface area contributed by atoms with Crippen LogP contribution in [0.5, 0.6) is 5.75 Å². The lowest BCUT2D eigenvalue weighted by molar-refractivity contribution is 0.224. The van der Waals surface area contributed by atoms with Crippen LogP contribution < -0.4 is 4.74 Å². The first-order valence-corrected chi connectivity index (χ1v) is 9.27. The molecular formula is C22H28N2O. The van der Waals surface area contributed by atoms with Crippen LogP contribution in [0, 0.1) is 18.8 Å². The summed E-state index contributed by atoms with van der Waals surface area (Å²) in [6.45, 7) is 6.72. The molecule has 0 unspecified atom stereocenters. The van der Waals surface area contributed by atoms with Gasteiger partial charge in [-0.05, 0) is 48.6 Å². The molecule has 4 rings (SSSR count). The predicted molar refractivity (Wildman–Crippen MR) is 102 cm³/mol. The van der Waals surface area contributed by atoms with Gasteiger partial charge >= 0.3 is 0 Å². The van der Waals surface area contributed by atoms with E-state index in [1.165, 1.54) is 36.3 Å². The highest BCUT2D eigenvalue weighted by molar-refractivity contribution is 5.36. The van der Waals surface area contributed by atoms with Crippen LogP contribution in [-0.4, -0.2) is 43.6 Å². The average Bonchev–Trinajstić information content (AvgIpc) is 3.13. The van der Waals surface area contributed by atoms with E-state index < -0.39 is 0 Å². The first-order valence-electron chi connectivity index (χ1n) is 9.27. The Kier molecular flexibility index (Phi) is 4.53. The highest BCUT2D eigenvalue weighted by Gasteiger charge is 2.45. The molecule has 0 saturated carbocycles. The van der Waals surface area contributed by atoms with E-state index in [1.54, 1.807) is 7.11 Å². The summed E-state index contributed by atoms with van der Waals surface area (Å²) in [6, 6.07) is 18.2. The Hall–Kier alpha value is -1.84. The number of hydrogen-bond acceptors (Lipinski definition) is 3. The van der Waals surface area contributed by atoms with Crippen molar-refractivity contribution in [2.75, 3.05) is 33.8 Å². The van der Waals surface area contributed by atoms with Gasteiger partial charge in [-0.15, -0.1) is 0 Å². The standard InChI is InChI=1S/C22H28N2O/c1-16-9-10-17(11-21(16)25-3)12-24-14-19-13-23(2)22(20(19)15-24)18-7-5-4-6-8-18/h4-11,19-20,22H,12-15H2,1-3H3/t19-,20+,22-/m0/s1. The summed E-state index contributed by atoms with van der Waals surface area (Å²) in [4.78, 5) is 5.18. The Morgan fingerprint density at radius 1 is 1.04 bits per heavy atom. The number of rotatable bonds is 4. The van der Waals surface area contributed by atoms with Crippen LogP contribution in [0.2, 0.25) is 0 Å². The number of methoxy groups -OCH3 is 1. The van der Waals surface area contributed by atoms with Crippen molar-refractivity contribution in [2.24, 2.45) is 11.8 Å². The molecule has 0 aliphatic carbocycles. The Balaban J connectivity index is 1.48. The highest BCUT2D eigenvalue weighted by atomic mass is 16.5. The Labute approximate surface area is 151 Å². The van der Waals surface area contributed by atoms with Crippen LogP contribution in [0.25, 0.3) is 0 Å². The number of fused-ring (bicyclic) bond motifs is 1. The van der Waals surface area contributed by atoms with Crippen molar-refractivity contribution < 1.29 is 4.74 Å². The fourth-order valence-corrected chi connectivity index (χ4v) is 4.85. The van der Waals surface area contributed by atoms with E-state index in [4.69, 9.17) is 4.74 Å².